The Hall–Kier alpha value is -4.18. The van der Waals surface area contributed by atoms with Gasteiger partial charge in [-0.1, -0.05) is 36.4 Å². The van der Waals surface area contributed by atoms with Crippen LogP contribution in [0.1, 0.15) is 33.5 Å². The predicted octanol–water partition coefficient (Wildman–Crippen LogP) is 6.08. The average molecular weight is 570 g/mol. The summed E-state index contributed by atoms with van der Waals surface area (Å²) in [7, 11) is 1.50. The molecule has 6 nitrogen and oxygen atoms in total. The number of nitrogens with one attached hydrogen (secondary N) is 1. The summed E-state index contributed by atoms with van der Waals surface area (Å²) in [6, 6.07) is 17.8. The lowest BCUT2D eigenvalue weighted by molar-refractivity contribution is -0.137. The third kappa shape index (κ3) is 7.94. The highest BCUT2D eigenvalue weighted by Gasteiger charge is 2.31. The summed E-state index contributed by atoms with van der Waals surface area (Å²) in [6.45, 7) is 0.558. The van der Waals surface area contributed by atoms with E-state index >= 15 is 0 Å². The molecule has 0 aliphatic heterocycles. The van der Waals surface area contributed by atoms with Crippen molar-refractivity contribution in [1.82, 2.24) is 14.8 Å². The van der Waals surface area contributed by atoms with Crippen molar-refractivity contribution in [2.75, 3.05) is 33.4 Å². The topological polar surface area (TPSA) is 65.6 Å². The number of ether oxygens (including phenoxy) is 1. The van der Waals surface area contributed by atoms with E-state index in [1.807, 2.05) is 30.5 Å². The van der Waals surface area contributed by atoms with E-state index in [2.05, 4.69) is 4.98 Å². The minimum absolute atomic E-state index is 0.113. The van der Waals surface area contributed by atoms with Crippen LogP contribution in [0.3, 0.4) is 0 Å². The molecule has 1 N–H and O–H groups in total. The molecule has 0 atom stereocenters. The number of methoxy groups -OCH3 is 1. The van der Waals surface area contributed by atoms with E-state index in [1.54, 1.807) is 17.0 Å². The second-order valence-corrected chi connectivity index (χ2v) is 9.70. The third-order valence-electron chi connectivity index (χ3n) is 6.79. The predicted molar refractivity (Wildman–Crippen MR) is 148 cm³/mol. The second kappa shape index (κ2) is 13.5. The highest BCUT2D eigenvalue weighted by atomic mass is 19.4. The fourth-order valence-electron chi connectivity index (χ4n) is 4.62. The Morgan fingerprint density at radius 1 is 0.927 bits per heavy atom. The summed E-state index contributed by atoms with van der Waals surface area (Å²) < 4.78 is 58.5. The minimum atomic E-state index is -4.61. The molecule has 0 aliphatic carbocycles. The number of hydrogen-bond donors (Lipinski definition) is 1. The van der Waals surface area contributed by atoms with Crippen molar-refractivity contribution in [3.63, 3.8) is 0 Å². The van der Waals surface area contributed by atoms with Crippen LogP contribution in [0.5, 0.6) is 0 Å². The Labute approximate surface area is 235 Å². The molecule has 4 rings (SSSR count). The standard InChI is InChI=1S/C31H31F4N3O3/c1-41-17-5-15-38(30(40)23-6-4-7-25(18-23)31(33,34)35)21-29(39)37(20-22-10-12-26(32)13-11-22)16-14-24-19-36-28-9-3-2-8-27(24)28/h2-4,6-13,18-19,36H,5,14-17,20-21H2,1H3. The molecule has 0 spiro atoms. The lowest BCUT2D eigenvalue weighted by atomic mass is 10.1. The van der Waals surface area contributed by atoms with Crippen molar-refractivity contribution in [3.05, 3.63) is 107 Å². The molecule has 1 aromatic heterocycles. The molecule has 2 amide bonds. The Morgan fingerprint density at radius 3 is 2.41 bits per heavy atom. The Bertz CT molecular complexity index is 1470. The molecule has 0 fully saturated rings. The van der Waals surface area contributed by atoms with E-state index in [4.69, 9.17) is 4.74 Å². The van der Waals surface area contributed by atoms with Gasteiger partial charge in [0.25, 0.3) is 5.91 Å². The summed E-state index contributed by atoms with van der Waals surface area (Å²) in [5.74, 6) is -1.47. The van der Waals surface area contributed by atoms with E-state index in [-0.39, 0.29) is 31.1 Å². The molecular formula is C31H31F4N3O3. The molecule has 0 bridgehead atoms. The zero-order valence-corrected chi connectivity index (χ0v) is 22.6. The third-order valence-corrected chi connectivity index (χ3v) is 6.79. The van der Waals surface area contributed by atoms with Gasteiger partial charge in [0, 0.05) is 56.0 Å². The minimum Gasteiger partial charge on any atom is -0.385 e. The normalized spacial score (nSPS) is 11.5. The number of alkyl halides is 3. The van der Waals surface area contributed by atoms with Crippen LogP contribution in [0.4, 0.5) is 17.6 Å². The maximum atomic E-state index is 13.7. The first-order valence-corrected chi connectivity index (χ1v) is 13.2. The van der Waals surface area contributed by atoms with Gasteiger partial charge in [-0.15, -0.1) is 0 Å². The molecule has 0 unspecified atom stereocenters. The van der Waals surface area contributed by atoms with E-state index in [1.165, 1.54) is 36.3 Å². The monoisotopic (exact) mass is 569 g/mol. The highest BCUT2D eigenvalue weighted by molar-refractivity contribution is 5.96. The Kier molecular flexibility index (Phi) is 9.78. The summed E-state index contributed by atoms with van der Waals surface area (Å²) in [4.78, 5) is 33.1. The lowest BCUT2D eigenvalue weighted by Gasteiger charge is -2.28. The first-order valence-electron chi connectivity index (χ1n) is 13.2. The van der Waals surface area contributed by atoms with Gasteiger partial charge in [0.15, 0.2) is 0 Å². The molecule has 0 radical (unpaired) electrons. The van der Waals surface area contributed by atoms with Crippen molar-refractivity contribution in [1.29, 1.82) is 0 Å². The number of hydrogen-bond acceptors (Lipinski definition) is 3. The van der Waals surface area contributed by atoms with E-state index in [0.29, 0.717) is 31.6 Å². The molecular weight excluding hydrogens is 538 g/mol. The first-order chi connectivity index (χ1) is 19.7. The van der Waals surface area contributed by atoms with Crippen molar-refractivity contribution in [2.45, 2.75) is 25.6 Å². The van der Waals surface area contributed by atoms with Crippen molar-refractivity contribution in [3.8, 4) is 0 Å². The molecule has 3 aromatic carbocycles. The van der Waals surface area contributed by atoms with Gasteiger partial charge in [0.2, 0.25) is 5.91 Å². The van der Waals surface area contributed by atoms with Crippen LogP contribution >= 0.6 is 0 Å². The fourth-order valence-corrected chi connectivity index (χ4v) is 4.62. The number of para-hydroxylation sites is 1. The van der Waals surface area contributed by atoms with Crippen molar-refractivity contribution < 1.29 is 31.9 Å². The number of halogens is 4. The number of nitrogens with zero attached hydrogens (tertiary/aromatic N) is 2. The quantitative estimate of drug-likeness (QED) is 0.166. The van der Waals surface area contributed by atoms with Gasteiger partial charge in [0.05, 0.1) is 5.56 Å². The molecule has 4 aromatic rings. The summed E-state index contributed by atoms with van der Waals surface area (Å²) in [5.41, 5.74) is 1.58. The average Bonchev–Trinajstić information content (AvgIpc) is 3.38. The maximum absolute atomic E-state index is 13.7. The smallest absolute Gasteiger partial charge is 0.385 e. The van der Waals surface area contributed by atoms with Gasteiger partial charge in [-0.2, -0.15) is 13.2 Å². The van der Waals surface area contributed by atoms with Gasteiger partial charge in [-0.3, -0.25) is 9.59 Å². The Balaban J connectivity index is 1.56. The molecule has 1 heterocycles. The zero-order chi connectivity index (χ0) is 29.4. The number of amides is 2. The number of carbonyl (C=O) groups excluding carboxylic acids is 2. The second-order valence-electron chi connectivity index (χ2n) is 9.70. The highest BCUT2D eigenvalue weighted by Crippen LogP contribution is 2.30. The van der Waals surface area contributed by atoms with Crippen LogP contribution in [0.15, 0.2) is 79.0 Å². The molecule has 10 heteroatoms. The number of fused-ring (bicyclic) bond motifs is 1. The maximum Gasteiger partial charge on any atom is 0.416 e. The van der Waals surface area contributed by atoms with Gasteiger partial charge in [-0.25, -0.2) is 4.39 Å². The van der Waals surface area contributed by atoms with Crippen LogP contribution < -0.4 is 0 Å². The number of aromatic nitrogens is 1. The largest absolute Gasteiger partial charge is 0.416 e. The van der Waals surface area contributed by atoms with Crippen LogP contribution in [-0.2, 0) is 28.7 Å². The SMILES string of the molecule is COCCCN(CC(=O)N(CCc1c[nH]c2ccccc12)Cc1ccc(F)cc1)C(=O)c1cccc(C(F)(F)F)c1. The molecule has 0 saturated heterocycles. The van der Waals surface area contributed by atoms with E-state index in [0.717, 1.165) is 28.6 Å². The van der Waals surface area contributed by atoms with Crippen LogP contribution in [-0.4, -0.2) is 59.9 Å². The molecule has 0 saturated carbocycles. The summed E-state index contributed by atoms with van der Waals surface area (Å²) >= 11 is 0. The van der Waals surface area contributed by atoms with E-state index < -0.39 is 23.5 Å². The number of aromatic amines is 1. The zero-order valence-electron chi connectivity index (χ0n) is 22.6. The number of carbonyl (C=O) groups is 2. The van der Waals surface area contributed by atoms with Gasteiger partial charge in [0.1, 0.15) is 12.4 Å². The number of rotatable bonds is 12. The fraction of sp³-hybridized carbons (Fsp3) is 0.290. The summed E-state index contributed by atoms with van der Waals surface area (Å²) in [6.07, 6.45) is -1.81. The van der Waals surface area contributed by atoms with Crippen molar-refractivity contribution in [2.24, 2.45) is 0 Å². The number of H-pyrrole nitrogens is 1. The summed E-state index contributed by atoms with van der Waals surface area (Å²) in [5, 5.41) is 1.03. The van der Waals surface area contributed by atoms with Crippen LogP contribution in [0.25, 0.3) is 10.9 Å². The Morgan fingerprint density at radius 2 is 1.68 bits per heavy atom. The molecule has 0 aliphatic rings. The van der Waals surface area contributed by atoms with Gasteiger partial charge >= 0.3 is 6.18 Å². The lowest BCUT2D eigenvalue weighted by Crippen LogP contribution is -2.44. The van der Waals surface area contributed by atoms with Gasteiger partial charge in [-0.05, 0) is 60.4 Å². The molecule has 41 heavy (non-hydrogen) atoms. The first kappa shape index (κ1) is 29.8. The van der Waals surface area contributed by atoms with Crippen LogP contribution in [0.2, 0.25) is 0 Å². The van der Waals surface area contributed by atoms with Crippen LogP contribution in [0, 0.1) is 5.82 Å². The number of benzene rings is 3. The van der Waals surface area contributed by atoms with Gasteiger partial charge < -0.3 is 19.5 Å². The van der Waals surface area contributed by atoms with Crippen molar-refractivity contribution >= 4 is 22.7 Å². The molecule has 216 valence electrons. The van der Waals surface area contributed by atoms with E-state index in [9.17, 15) is 27.2 Å².